The standard InChI is InChI=1S/C21H19NO4/c1-2-25-21-14-16(12-13-22(23)24)10-11-20(21)26-15-18-8-5-7-17-6-3-4-9-19(17)18/h3-14H,2,15H2,1H3. The number of hydrogen-bond acceptors (Lipinski definition) is 4. The van der Waals surface area contributed by atoms with Gasteiger partial charge in [-0.15, -0.1) is 0 Å². The SMILES string of the molecule is CCOc1cc(C=C[N+](=O)[O-])ccc1OCc1cccc2ccccc12. The highest BCUT2D eigenvalue weighted by atomic mass is 16.6. The van der Waals surface area contributed by atoms with Crippen molar-refractivity contribution < 1.29 is 14.4 Å². The molecule has 0 aliphatic rings. The monoisotopic (exact) mass is 349 g/mol. The molecular formula is C21H19NO4. The third kappa shape index (κ3) is 4.19. The van der Waals surface area contributed by atoms with E-state index in [0.717, 1.165) is 17.1 Å². The van der Waals surface area contributed by atoms with E-state index < -0.39 is 4.92 Å². The molecule has 0 amide bonds. The molecule has 5 nitrogen and oxygen atoms in total. The molecule has 26 heavy (non-hydrogen) atoms. The van der Waals surface area contributed by atoms with E-state index in [0.29, 0.717) is 30.3 Å². The number of nitro groups is 1. The number of fused-ring (bicyclic) bond motifs is 1. The van der Waals surface area contributed by atoms with Crippen LogP contribution in [0.1, 0.15) is 18.1 Å². The summed E-state index contributed by atoms with van der Waals surface area (Å²) >= 11 is 0. The highest BCUT2D eigenvalue weighted by Crippen LogP contribution is 2.30. The van der Waals surface area contributed by atoms with Crippen molar-refractivity contribution >= 4 is 16.8 Å². The number of hydrogen-bond donors (Lipinski definition) is 0. The van der Waals surface area contributed by atoms with E-state index in [-0.39, 0.29) is 0 Å². The molecule has 0 heterocycles. The molecule has 0 aliphatic heterocycles. The van der Waals surface area contributed by atoms with E-state index in [9.17, 15) is 10.1 Å². The van der Waals surface area contributed by atoms with Crippen LogP contribution < -0.4 is 9.47 Å². The molecule has 0 N–H and O–H groups in total. The summed E-state index contributed by atoms with van der Waals surface area (Å²) in [4.78, 5) is 9.98. The molecule has 5 heteroatoms. The van der Waals surface area contributed by atoms with Crippen molar-refractivity contribution in [2.24, 2.45) is 0 Å². The van der Waals surface area contributed by atoms with Gasteiger partial charge >= 0.3 is 0 Å². The van der Waals surface area contributed by atoms with Gasteiger partial charge in [0.25, 0.3) is 0 Å². The molecule has 3 rings (SSSR count). The Hall–Kier alpha value is -3.34. The highest BCUT2D eigenvalue weighted by Gasteiger charge is 2.08. The summed E-state index contributed by atoms with van der Waals surface area (Å²) in [6, 6.07) is 19.6. The molecule has 3 aromatic rings. The molecule has 132 valence electrons. The van der Waals surface area contributed by atoms with Gasteiger partial charge in [0.15, 0.2) is 11.5 Å². The fourth-order valence-electron chi connectivity index (χ4n) is 2.74. The smallest absolute Gasteiger partial charge is 0.235 e. The van der Waals surface area contributed by atoms with Crippen LogP contribution in [-0.4, -0.2) is 11.5 Å². The molecule has 0 unspecified atom stereocenters. The minimum atomic E-state index is -0.495. The fourth-order valence-corrected chi connectivity index (χ4v) is 2.74. The van der Waals surface area contributed by atoms with Gasteiger partial charge < -0.3 is 9.47 Å². The first-order chi connectivity index (χ1) is 12.7. The van der Waals surface area contributed by atoms with Crippen molar-refractivity contribution in [2.45, 2.75) is 13.5 Å². The van der Waals surface area contributed by atoms with Crippen LogP contribution in [0, 0.1) is 10.1 Å². The van der Waals surface area contributed by atoms with Gasteiger partial charge in [-0.25, -0.2) is 0 Å². The zero-order chi connectivity index (χ0) is 18.4. The second-order valence-corrected chi connectivity index (χ2v) is 5.67. The quantitative estimate of drug-likeness (QED) is 0.441. The molecule has 3 aromatic carbocycles. The van der Waals surface area contributed by atoms with Crippen LogP contribution in [-0.2, 0) is 6.61 Å². The van der Waals surface area contributed by atoms with Crippen molar-refractivity contribution in [3.05, 3.63) is 88.1 Å². The second kappa shape index (κ2) is 8.16. The maximum absolute atomic E-state index is 10.5. The van der Waals surface area contributed by atoms with Crippen molar-refractivity contribution in [1.82, 2.24) is 0 Å². The van der Waals surface area contributed by atoms with Crippen LogP contribution in [0.2, 0.25) is 0 Å². The van der Waals surface area contributed by atoms with Gasteiger partial charge in [0.1, 0.15) is 6.61 Å². The molecule has 0 spiro atoms. The Morgan fingerprint density at radius 3 is 2.62 bits per heavy atom. The van der Waals surface area contributed by atoms with E-state index in [1.165, 1.54) is 11.5 Å². The summed E-state index contributed by atoms with van der Waals surface area (Å²) < 4.78 is 11.6. The Morgan fingerprint density at radius 1 is 1.00 bits per heavy atom. The fraction of sp³-hybridized carbons (Fsp3) is 0.143. The maximum atomic E-state index is 10.5. The van der Waals surface area contributed by atoms with Crippen LogP contribution >= 0.6 is 0 Å². The molecule has 0 fully saturated rings. The van der Waals surface area contributed by atoms with Gasteiger partial charge in [-0.3, -0.25) is 10.1 Å². The number of benzene rings is 3. The summed E-state index contributed by atoms with van der Waals surface area (Å²) in [6.07, 6.45) is 2.33. The van der Waals surface area contributed by atoms with Crippen molar-refractivity contribution in [3.8, 4) is 11.5 Å². The summed E-state index contributed by atoms with van der Waals surface area (Å²) in [7, 11) is 0. The van der Waals surface area contributed by atoms with Gasteiger partial charge in [-0.1, -0.05) is 48.5 Å². The van der Waals surface area contributed by atoms with Gasteiger partial charge in [-0.05, 0) is 41.0 Å². The largest absolute Gasteiger partial charge is 0.490 e. The predicted octanol–water partition coefficient (Wildman–Crippen LogP) is 5.06. The zero-order valence-electron chi connectivity index (χ0n) is 14.4. The average molecular weight is 349 g/mol. The Balaban J connectivity index is 1.83. The minimum absolute atomic E-state index is 0.408. The average Bonchev–Trinajstić information content (AvgIpc) is 2.66. The van der Waals surface area contributed by atoms with E-state index >= 15 is 0 Å². The van der Waals surface area contributed by atoms with E-state index in [1.54, 1.807) is 18.2 Å². The molecule has 0 saturated heterocycles. The Kier molecular flexibility index (Phi) is 5.49. The minimum Gasteiger partial charge on any atom is -0.490 e. The lowest BCUT2D eigenvalue weighted by molar-refractivity contribution is -0.400. The summed E-state index contributed by atoms with van der Waals surface area (Å²) in [5.74, 6) is 1.18. The first-order valence-corrected chi connectivity index (χ1v) is 8.35. The lowest BCUT2D eigenvalue weighted by atomic mass is 10.1. The van der Waals surface area contributed by atoms with Crippen LogP contribution in [0.3, 0.4) is 0 Å². The first kappa shape index (κ1) is 17.5. The summed E-state index contributed by atoms with van der Waals surface area (Å²) in [5, 5.41) is 12.8. The van der Waals surface area contributed by atoms with Crippen LogP contribution in [0.15, 0.2) is 66.9 Å². The van der Waals surface area contributed by atoms with Crippen LogP contribution in [0.4, 0.5) is 0 Å². The van der Waals surface area contributed by atoms with Crippen molar-refractivity contribution in [2.75, 3.05) is 6.61 Å². The molecule has 0 aromatic heterocycles. The maximum Gasteiger partial charge on any atom is 0.235 e. The third-order valence-corrected chi connectivity index (χ3v) is 3.92. The van der Waals surface area contributed by atoms with Crippen molar-refractivity contribution in [1.29, 1.82) is 0 Å². The van der Waals surface area contributed by atoms with E-state index in [2.05, 4.69) is 18.2 Å². The highest BCUT2D eigenvalue weighted by molar-refractivity contribution is 5.85. The summed E-state index contributed by atoms with van der Waals surface area (Å²) in [5.41, 5.74) is 1.77. The van der Waals surface area contributed by atoms with Gasteiger partial charge in [-0.2, -0.15) is 0 Å². The topological polar surface area (TPSA) is 61.6 Å². The Labute approximate surface area is 151 Å². The second-order valence-electron chi connectivity index (χ2n) is 5.67. The molecule has 0 radical (unpaired) electrons. The normalized spacial score (nSPS) is 11.0. The zero-order valence-corrected chi connectivity index (χ0v) is 14.4. The van der Waals surface area contributed by atoms with E-state index in [4.69, 9.17) is 9.47 Å². The molecule has 0 atom stereocenters. The molecule has 0 bridgehead atoms. The lowest BCUT2D eigenvalue weighted by Crippen LogP contribution is -2.00. The number of rotatable bonds is 7. The predicted molar refractivity (Wildman–Crippen MR) is 102 cm³/mol. The molecule has 0 aliphatic carbocycles. The van der Waals surface area contributed by atoms with Gasteiger partial charge in [0, 0.05) is 6.08 Å². The van der Waals surface area contributed by atoms with Crippen molar-refractivity contribution in [3.63, 3.8) is 0 Å². The lowest BCUT2D eigenvalue weighted by Gasteiger charge is -2.13. The number of ether oxygens (including phenoxy) is 2. The Morgan fingerprint density at radius 2 is 1.81 bits per heavy atom. The molecule has 0 saturated carbocycles. The summed E-state index contributed by atoms with van der Waals surface area (Å²) in [6.45, 7) is 2.77. The number of nitrogens with zero attached hydrogens (tertiary/aromatic N) is 1. The van der Waals surface area contributed by atoms with Gasteiger partial charge in [0.2, 0.25) is 6.20 Å². The first-order valence-electron chi connectivity index (χ1n) is 8.35. The third-order valence-electron chi connectivity index (χ3n) is 3.92. The van der Waals surface area contributed by atoms with E-state index in [1.807, 2.05) is 31.2 Å². The van der Waals surface area contributed by atoms with Gasteiger partial charge in [0.05, 0.1) is 11.5 Å². The molecular weight excluding hydrogens is 330 g/mol. The Bertz CT molecular complexity index is 944. The van der Waals surface area contributed by atoms with Crippen LogP contribution in [0.25, 0.3) is 16.8 Å². The van der Waals surface area contributed by atoms with Crippen LogP contribution in [0.5, 0.6) is 11.5 Å².